The molecule has 1 heterocycles. The minimum Gasteiger partial charge on any atom is -0.383 e. The van der Waals surface area contributed by atoms with Crippen molar-refractivity contribution in [2.45, 2.75) is 11.8 Å². The molecule has 2 aromatic rings. The lowest BCUT2D eigenvalue weighted by molar-refractivity contribution is 0.102. The second-order valence-electron chi connectivity index (χ2n) is 3.97. The van der Waals surface area contributed by atoms with Crippen LogP contribution >= 0.6 is 11.8 Å². The number of aromatic nitrogens is 1. The number of ketones is 1. The van der Waals surface area contributed by atoms with E-state index < -0.39 is 0 Å². The van der Waals surface area contributed by atoms with E-state index in [1.165, 1.54) is 11.8 Å². The van der Waals surface area contributed by atoms with E-state index in [1.54, 1.807) is 12.3 Å². The number of hydrogen-bond donors (Lipinski definition) is 1. The van der Waals surface area contributed by atoms with Crippen LogP contribution in [0.3, 0.4) is 0 Å². The fraction of sp³-hybridized carbons (Fsp3) is 0.143. The monoisotopic (exact) mass is 258 g/mol. The van der Waals surface area contributed by atoms with Crippen LogP contribution in [0.5, 0.6) is 0 Å². The highest BCUT2D eigenvalue weighted by atomic mass is 32.2. The van der Waals surface area contributed by atoms with Crippen molar-refractivity contribution in [3.05, 3.63) is 53.7 Å². The van der Waals surface area contributed by atoms with E-state index in [0.717, 1.165) is 10.5 Å². The predicted octanol–water partition coefficient (Wildman–Crippen LogP) is 2.95. The van der Waals surface area contributed by atoms with Crippen LogP contribution < -0.4 is 5.73 Å². The molecule has 0 aliphatic rings. The Morgan fingerprint density at radius 3 is 2.78 bits per heavy atom. The third-order valence-electron chi connectivity index (χ3n) is 2.47. The summed E-state index contributed by atoms with van der Waals surface area (Å²) in [5, 5.41) is 0. The van der Waals surface area contributed by atoms with Gasteiger partial charge in [0.25, 0.3) is 0 Å². The number of nitrogens with two attached hydrogens (primary N) is 1. The van der Waals surface area contributed by atoms with Crippen molar-refractivity contribution in [3.63, 3.8) is 0 Å². The Balaban J connectivity index is 2.06. The van der Waals surface area contributed by atoms with Gasteiger partial charge in [-0.3, -0.25) is 4.79 Å². The molecular weight excluding hydrogens is 244 g/mol. The normalized spacial score (nSPS) is 10.3. The molecule has 0 saturated carbocycles. The molecule has 1 aromatic carbocycles. The van der Waals surface area contributed by atoms with Crippen LogP contribution in [-0.4, -0.2) is 16.5 Å². The summed E-state index contributed by atoms with van der Waals surface area (Å²) >= 11 is 1.51. The van der Waals surface area contributed by atoms with Gasteiger partial charge in [0.05, 0.1) is 11.3 Å². The maximum atomic E-state index is 12.1. The molecule has 0 bridgehead atoms. The standard InChI is InChI=1S/C14H14N2OS/c1-10-7-12(14(15)16-8-10)13(17)9-18-11-5-3-2-4-6-11/h2-8H,9H2,1H3,(H2,15,16). The van der Waals surface area contributed by atoms with Gasteiger partial charge in [0.15, 0.2) is 5.78 Å². The maximum absolute atomic E-state index is 12.1. The number of thioether (sulfide) groups is 1. The van der Waals surface area contributed by atoms with Crippen LogP contribution in [0.15, 0.2) is 47.5 Å². The van der Waals surface area contributed by atoms with Crippen LogP contribution in [-0.2, 0) is 0 Å². The SMILES string of the molecule is Cc1cnc(N)c(C(=O)CSc2ccccc2)c1. The first kappa shape index (κ1) is 12.6. The molecule has 0 radical (unpaired) electrons. The number of benzene rings is 1. The highest BCUT2D eigenvalue weighted by molar-refractivity contribution is 8.00. The van der Waals surface area contributed by atoms with Crippen molar-refractivity contribution in [1.82, 2.24) is 4.98 Å². The van der Waals surface area contributed by atoms with Crippen LogP contribution in [0.1, 0.15) is 15.9 Å². The van der Waals surface area contributed by atoms with Gasteiger partial charge in [0, 0.05) is 11.1 Å². The number of carbonyl (C=O) groups is 1. The molecule has 92 valence electrons. The first-order chi connectivity index (χ1) is 8.66. The molecule has 0 amide bonds. The van der Waals surface area contributed by atoms with Crippen molar-refractivity contribution in [3.8, 4) is 0 Å². The van der Waals surface area contributed by atoms with Gasteiger partial charge >= 0.3 is 0 Å². The topological polar surface area (TPSA) is 56.0 Å². The Kier molecular flexibility index (Phi) is 3.99. The zero-order chi connectivity index (χ0) is 13.0. The summed E-state index contributed by atoms with van der Waals surface area (Å²) < 4.78 is 0. The molecule has 2 rings (SSSR count). The minimum atomic E-state index is 0.0116. The number of pyridine rings is 1. The van der Waals surface area contributed by atoms with Crippen LogP contribution in [0.25, 0.3) is 0 Å². The van der Waals surface area contributed by atoms with Gasteiger partial charge in [-0.05, 0) is 30.7 Å². The van der Waals surface area contributed by atoms with Crippen LogP contribution in [0.4, 0.5) is 5.82 Å². The largest absolute Gasteiger partial charge is 0.383 e. The van der Waals surface area contributed by atoms with Crippen LogP contribution in [0, 0.1) is 6.92 Å². The molecule has 0 spiro atoms. The van der Waals surface area contributed by atoms with E-state index in [2.05, 4.69) is 4.98 Å². The van der Waals surface area contributed by atoms with Crippen molar-refractivity contribution >= 4 is 23.4 Å². The quantitative estimate of drug-likeness (QED) is 0.676. The molecule has 0 unspecified atom stereocenters. The first-order valence-electron chi connectivity index (χ1n) is 5.60. The van der Waals surface area contributed by atoms with E-state index in [-0.39, 0.29) is 5.78 Å². The fourth-order valence-electron chi connectivity index (χ4n) is 1.55. The average Bonchev–Trinajstić information content (AvgIpc) is 2.40. The van der Waals surface area contributed by atoms with Gasteiger partial charge in [0.1, 0.15) is 5.82 Å². The summed E-state index contributed by atoms with van der Waals surface area (Å²) in [5.41, 5.74) is 7.17. The van der Waals surface area contributed by atoms with E-state index in [9.17, 15) is 4.79 Å². The summed E-state index contributed by atoms with van der Waals surface area (Å²) in [6.45, 7) is 1.90. The summed E-state index contributed by atoms with van der Waals surface area (Å²) in [5.74, 6) is 0.691. The van der Waals surface area contributed by atoms with Crippen LogP contribution in [0.2, 0.25) is 0 Å². The molecule has 2 N–H and O–H groups in total. The van der Waals surface area contributed by atoms with Gasteiger partial charge in [-0.15, -0.1) is 11.8 Å². The Labute approximate surface area is 110 Å². The third kappa shape index (κ3) is 3.11. The number of nitrogens with zero attached hydrogens (tertiary/aromatic N) is 1. The van der Waals surface area contributed by atoms with Gasteiger partial charge < -0.3 is 5.73 Å². The van der Waals surface area contributed by atoms with Crippen molar-refractivity contribution in [1.29, 1.82) is 0 Å². The highest BCUT2D eigenvalue weighted by Gasteiger charge is 2.11. The Morgan fingerprint density at radius 1 is 1.33 bits per heavy atom. The van der Waals surface area contributed by atoms with E-state index in [1.807, 2.05) is 37.3 Å². The predicted molar refractivity (Wildman–Crippen MR) is 74.9 cm³/mol. The summed E-state index contributed by atoms with van der Waals surface area (Å²) in [4.78, 5) is 17.1. The van der Waals surface area contributed by atoms with Gasteiger partial charge in [0.2, 0.25) is 0 Å². The van der Waals surface area contributed by atoms with Gasteiger partial charge in [-0.25, -0.2) is 4.98 Å². The van der Waals surface area contributed by atoms with Crippen molar-refractivity contribution < 1.29 is 4.79 Å². The number of rotatable bonds is 4. The summed E-state index contributed by atoms with van der Waals surface area (Å²) in [6, 6.07) is 11.6. The lowest BCUT2D eigenvalue weighted by atomic mass is 10.1. The molecule has 4 heteroatoms. The smallest absolute Gasteiger partial charge is 0.176 e. The number of hydrogen-bond acceptors (Lipinski definition) is 4. The second-order valence-corrected chi connectivity index (χ2v) is 5.02. The summed E-state index contributed by atoms with van der Waals surface area (Å²) in [6.07, 6.45) is 1.66. The number of aryl methyl sites for hydroxylation is 1. The zero-order valence-corrected chi connectivity index (χ0v) is 10.9. The van der Waals surface area contributed by atoms with E-state index in [4.69, 9.17) is 5.73 Å². The highest BCUT2D eigenvalue weighted by Crippen LogP contribution is 2.20. The molecule has 0 aliphatic heterocycles. The molecule has 3 nitrogen and oxygen atoms in total. The number of anilines is 1. The molecule has 0 saturated heterocycles. The van der Waals surface area contributed by atoms with Crippen molar-refractivity contribution in [2.75, 3.05) is 11.5 Å². The average molecular weight is 258 g/mol. The second kappa shape index (κ2) is 5.69. The lowest BCUT2D eigenvalue weighted by Crippen LogP contribution is -2.08. The van der Waals surface area contributed by atoms with Gasteiger partial charge in [-0.1, -0.05) is 18.2 Å². The lowest BCUT2D eigenvalue weighted by Gasteiger charge is -2.05. The maximum Gasteiger partial charge on any atom is 0.176 e. The molecular formula is C14H14N2OS. The van der Waals surface area contributed by atoms with Crippen molar-refractivity contribution in [2.24, 2.45) is 0 Å². The molecule has 0 fully saturated rings. The van der Waals surface area contributed by atoms with E-state index >= 15 is 0 Å². The third-order valence-corrected chi connectivity index (χ3v) is 3.48. The van der Waals surface area contributed by atoms with E-state index in [0.29, 0.717) is 17.1 Å². The molecule has 18 heavy (non-hydrogen) atoms. The Bertz CT molecular complexity index is 555. The number of nitrogen functional groups attached to an aromatic ring is 1. The fourth-order valence-corrected chi connectivity index (χ4v) is 2.35. The molecule has 0 atom stereocenters. The summed E-state index contributed by atoms with van der Waals surface area (Å²) in [7, 11) is 0. The minimum absolute atomic E-state index is 0.0116. The van der Waals surface area contributed by atoms with Gasteiger partial charge in [-0.2, -0.15) is 0 Å². The Hall–Kier alpha value is -1.81. The number of carbonyl (C=O) groups excluding carboxylic acids is 1. The first-order valence-corrected chi connectivity index (χ1v) is 6.58. The molecule has 1 aromatic heterocycles. The molecule has 0 aliphatic carbocycles. The number of Topliss-reactive ketones (excluding diaryl/α,β-unsaturated/α-hetero) is 1. The zero-order valence-electron chi connectivity index (χ0n) is 10.1. The Morgan fingerprint density at radius 2 is 2.06 bits per heavy atom.